The smallest absolute Gasteiger partial charge is 0.216 e. The van der Waals surface area contributed by atoms with Crippen LogP contribution in [0.1, 0.15) is 65.5 Å². The highest BCUT2D eigenvalue weighted by Gasteiger charge is 2.36. The molecule has 6 heteroatoms. The summed E-state index contributed by atoms with van der Waals surface area (Å²) in [4.78, 5) is 8.92. The van der Waals surface area contributed by atoms with Gasteiger partial charge in [0.1, 0.15) is 12.3 Å². The lowest BCUT2D eigenvalue weighted by atomic mass is 9.94. The van der Waals surface area contributed by atoms with Crippen LogP contribution in [0.25, 0.3) is 0 Å². The van der Waals surface area contributed by atoms with Gasteiger partial charge in [-0.3, -0.25) is 0 Å². The monoisotopic (exact) mass is 434 g/mol. The van der Waals surface area contributed by atoms with E-state index in [0.29, 0.717) is 18.5 Å². The Hall–Kier alpha value is -0.790. The van der Waals surface area contributed by atoms with Crippen LogP contribution >= 0.6 is 24.0 Å². The average Bonchev–Trinajstić information content (AvgIpc) is 2.99. The standard InChI is InChI=1S/C17H30N4O.HI/c1-6-8-12-9-13(12)21-16(18-7-2)20-11-15-19-10-14(22-15)17(3,4)5;/h10,12-13H,6-9,11H2,1-5H3,(H2,18,20,21);1H. The van der Waals surface area contributed by atoms with E-state index in [0.717, 1.165) is 24.2 Å². The molecule has 2 rings (SSSR count). The molecule has 23 heavy (non-hydrogen) atoms. The van der Waals surface area contributed by atoms with Crippen LogP contribution in [0.5, 0.6) is 0 Å². The third kappa shape index (κ3) is 6.31. The van der Waals surface area contributed by atoms with Gasteiger partial charge in [-0.2, -0.15) is 0 Å². The van der Waals surface area contributed by atoms with Crippen molar-refractivity contribution in [2.24, 2.45) is 10.9 Å². The van der Waals surface area contributed by atoms with Gasteiger partial charge >= 0.3 is 0 Å². The van der Waals surface area contributed by atoms with Crippen LogP contribution in [0.3, 0.4) is 0 Å². The molecule has 0 radical (unpaired) electrons. The molecule has 1 fully saturated rings. The molecule has 0 saturated heterocycles. The fourth-order valence-electron chi connectivity index (χ4n) is 2.49. The maximum absolute atomic E-state index is 5.78. The molecule has 132 valence electrons. The first kappa shape index (κ1) is 20.3. The number of aromatic nitrogens is 1. The summed E-state index contributed by atoms with van der Waals surface area (Å²) in [6, 6.07) is 0.576. The lowest BCUT2D eigenvalue weighted by molar-refractivity contribution is 0.383. The number of nitrogens with zero attached hydrogens (tertiary/aromatic N) is 2. The minimum absolute atomic E-state index is 0. The number of oxazole rings is 1. The molecule has 2 N–H and O–H groups in total. The van der Waals surface area contributed by atoms with Gasteiger partial charge in [0, 0.05) is 18.0 Å². The van der Waals surface area contributed by atoms with Crippen molar-refractivity contribution in [3.05, 3.63) is 17.8 Å². The lowest BCUT2D eigenvalue weighted by Crippen LogP contribution is -2.39. The quantitative estimate of drug-likeness (QED) is 0.406. The Balaban J connectivity index is 0.00000264. The van der Waals surface area contributed by atoms with Crippen molar-refractivity contribution in [1.82, 2.24) is 15.6 Å². The van der Waals surface area contributed by atoms with Crippen LogP contribution in [-0.4, -0.2) is 23.5 Å². The Morgan fingerprint density at radius 2 is 2.13 bits per heavy atom. The van der Waals surface area contributed by atoms with E-state index in [9.17, 15) is 0 Å². The molecule has 1 aliphatic rings. The van der Waals surface area contributed by atoms with E-state index >= 15 is 0 Å². The zero-order valence-corrected chi connectivity index (χ0v) is 17.3. The van der Waals surface area contributed by atoms with Crippen LogP contribution in [0.4, 0.5) is 0 Å². The highest BCUT2D eigenvalue weighted by molar-refractivity contribution is 14.0. The summed E-state index contributed by atoms with van der Waals surface area (Å²) in [5.41, 5.74) is -0.0148. The number of nitrogens with one attached hydrogen (secondary N) is 2. The Labute approximate surface area is 157 Å². The molecular formula is C17H31IN4O. The molecule has 1 aromatic rings. The molecule has 1 saturated carbocycles. The number of aliphatic imine (C=N–C) groups is 1. The van der Waals surface area contributed by atoms with Crippen LogP contribution in [0, 0.1) is 5.92 Å². The van der Waals surface area contributed by atoms with Gasteiger partial charge in [0.2, 0.25) is 5.89 Å². The van der Waals surface area contributed by atoms with Crippen molar-refractivity contribution in [3.8, 4) is 0 Å². The van der Waals surface area contributed by atoms with Crippen molar-refractivity contribution in [1.29, 1.82) is 0 Å². The number of hydrogen-bond acceptors (Lipinski definition) is 3. The fourth-order valence-corrected chi connectivity index (χ4v) is 2.49. The molecule has 2 unspecified atom stereocenters. The Morgan fingerprint density at radius 3 is 2.70 bits per heavy atom. The number of guanidine groups is 1. The summed E-state index contributed by atoms with van der Waals surface area (Å²) in [5.74, 6) is 3.24. The normalized spacial score (nSPS) is 20.8. The molecule has 0 amide bonds. The van der Waals surface area contributed by atoms with E-state index in [-0.39, 0.29) is 29.4 Å². The van der Waals surface area contributed by atoms with Gasteiger partial charge < -0.3 is 15.1 Å². The van der Waals surface area contributed by atoms with Crippen LogP contribution in [0.2, 0.25) is 0 Å². The van der Waals surface area contributed by atoms with Crippen LogP contribution < -0.4 is 10.6 Å². The van der Waals surface area contributed by atoms with Crippen molar-refractivity contribution in [2.75, 3.05) is 6.54 Å². The molecule has 1 heterocycles. The summed E-state index contributed by atoms with van der Waals surface area (Å²) in [7, 11) is 0. The molecule has 1 aromatic heterocycles. The average molecular weight is 434 g/mol. The summed E-state index contributed by atoms with van der Waals surface area (Å²) in [5, 5.41) is 6.80. The van der Waals surface area contributed by atoms with Gasteiger partial charge in [-0.15, -0.1) is 24.0 Å². The lowest BCUT2D eigenvalue weighted by Gasteiger charge is -2.13. The second kappa shape index (κ2) is 8.89. The molecule has 1 aliphatic carbocycles. The molecular weight excluding hydrogens is 403 g/mol. The Kier molecular flexibility index (Phi) is 7.83. The zero-order chi connectivity index (χ0) is 16.2. The van der Waals surface area contributed by atoms with E-state index in [2.05, 4.69) is 55.2 Å². The minimum Gasteiger partial charge on any atom is -0.443 e. The van der Waals surface area contributed by atoms with E-state index in [4.69, 9.17) is 4.42 Å². The first-order valence-electron chi connectivity index (χ1n) is 8.44. The number of hydrogen-bond donors (Lipinski definition) is 2. The fraction of sp³-hybridized carbons (Fsp3) is 0.765. The van der Waals surface area contributed by atoms with E-state index < -0.39 is 0 Å². The van der Waals surface area contributed by atoms with Gasteiger partial charge in [0.15, 0.2) is 5.96 Å². The number of rotatable bonds is 6. The molecule has 0 bridgehead atoms. The summed E-state index contributed by atoms with van der Waals surface area (Å²) in [6.07, 6.45) is 5.61. The SMILES string of the molecule is CCCC1CC1NC(=NCc1ncc(C(C)(C)C)o1)NCC.I. The van der Waals surface area contributed by atoms with Crippen LogP contribution in [0.15, 0.2) is 15.6 Å². The molecule has 2 atom stereocenters. The van der Waals surface area contributed by atoms with Gasteiger partial charge in [-0.1, -0.05) is 34.1 Å². The zero-order valence-electron chi connectivity index (χ0n) is 15.0. The van der Waals surface area contributed by atoms with E-state index in [1.165, 1.54) is 19.3 Å². The van der Waals surface area contributed by atoms with Gasteiger partial charge in [0.25, 0.3) is 0 Å². The van der Waals surface area contributed by atoms with Crippen molar-refractivity contribution >= 4 is 29.9 Å². The Morgan fingerprint density at radius 1 is 1.39 bits per heavy atom. The van der Waals surface area contributed by atoms with Gasteiger partial charge in [-0.25, -0.2) is 9.98 Å². The minimum atomic E-state index is -0.0148. The predicted octanol–water partition coefficient (Wildman–Crippen LogP) is 3.83. The second-order valence-electron chi connectivity index (χ2n) is 7.10. The van der Waals surface area contributed by atoms with Crippen LogP contribution in [-0.2, 0) is 12.0 Å². The first-order valence-corrected chi connectivity index (χ1v) is 8.44. The third-order valence-electron chi connectivity index (χ3n) is 3.91. The maximum atomic E-state index is 5.78. The second-order valence-corrected chi connectivity index (χ2v) is 7.10. The molecule has 0 aromatic carbocycles. The highest BCUT2D eigenvalue weighted by Crippen LogP contribution is 2.34. The topological polar surface area (TPSA) is 62.5 Å². The maximum Gasteiger partial charge on any atom is 0.216 e. The highest BCUT2D eigenvalue weighted by atomic mass is 127. The Bertz CT molecular complexity index is 507. The van der Waals surface area contributed by atoms with Crippen molar-refractivity contribution in [3.63, 3.8) is 0 Å². The summed E-state index contributed by atoms with van der Waals surface area (Å²) >= 11 is 0. The third-order valence-corrected chi connectivity index (χ3v) is 3.91. The number of halogens is 1. The van der Waals surface area contributed by atoms with Gasteiger partial charge in [0.05, 0.1) is 6.20 Å². The summed E-state index contributed by atoms with van der Waals surface area (Å²) < 4.78 is 5.78. The molecule has 0 aliphatic heterocycles. The molecule has 0 spiro atoms. The molecule has 5 nitrogen and oxygen atoms in total. The largest absolute Gasteiger partial charge is 0.443 e. The van der Waals surface area contributed by atoms with E-state index in [1.54, 1.807) is 0 Å². The summed E-state index contributed by atoms with van der Waals surface area (Å²) in [6.45, 7) is 12.0. The van der Waals surface area contributed by atoms with E-state index in [1.807, 2.05) is 6.20 Å². The predicted molar refractivity (Wildman–Crippen MR) is 105 cm³/mol. The van der Waals surface area contributed by atoms with Gasteiger partial charge in [-0.05, 0) is 25.7 Å². The van der Waals surface area contributed by atoms with Crippen molar-refractivity contribution < 1.29 is 4.42 Å². The first-order chi connectivity index (χ1) is 10.4. The van der Waals surface area contributed by atoms with Crippen molar-refractivity contribution in [2.45, 2.75) is 71.9 Å².